The molecule has 0 amide bonds. The number of hydrogen-bond donors (Lipinski definition) is 1. The van der Waals surface area contributed by atoms with E-state index in [-0.39, 0.29) is 12.1 Å². The minimum atomic E-state index is -0.259. The molecule has 0 fully saturated rings. The molecule has 2 atom stereocenters. The summed E-state index contributed by atoms with van der Waals surface area (Å²) in [5.74, 6) is 1.57. The Bertz CT molecular complexity index is 1280. The van der Waals surface area contributed by atoms with Crippen molar-refractivity contribution in [2.45, 2.75) is 19.1 Å². The van der Waals surface area contributed by atoms with E-state index in [1.54, 1.807) is 12.5 Å². The monoisotopic (exact) mass is 393 g/mol. The van der Waals surface area contributed by atoms with E-state index in [0.29, 0.717) is 5.95 Å². The molecule has 30 heavy (non-hydrogen) atoms. The molecule has 6 heteroatoms. The van der Waals surface area contributed by atoms with Crippen molar-refractivity contribution < 1.29 is 4.74 Å². The van der Waals surface area contributed by atoms with E-state index < -0.39 is 0 Å². The van der Waals surface area contributed by atoms with Gasteiger partial charge in [0.1, 0.15) is 24.2 Å². The van der Waals surface area contributed by atoms with E-state index in [2.05, 4.69) is 63.7 Å². The number of nitrogens with zero attached hydrogens (tertiary/aromatic N) is 4. The van der Waals surface area contributed by atoms with Gasteiger partial charge in [0.25, 0.3) is 0 Å². The molecule has 2 aromatic carbocycles. The Kier molecular flexibility index (Phi) is 3.71. The Morgan fingerprint density at radius 3 is 2.77 bits per heavy atom. The predicted molar refractivity (Wildman–Crippen MR) is 114 cm³/mol. The van der Waals surface area contributed by atoms with Gasteiger partial charge in [0, 0.05) is 23.5 Å². The van der Waals surface area contributed by atoms with Gasteiger partial charge in [-0.2, -0.15) is 10.1 Å². The number of hydrogen-bond acceptors (Lipinski definition) is 5. The second-order valence-electron chi connectivity index (χ2n) is 7.58. The lowest BCUT2D eigenvalue weighted by Gasteiger charge is -2.38. The van der Waals surface area contributed by atoms with Gasteiger partial charge in [0.05, 0.1) is 5.70 Å². The van der Waals surface area contributed by atoms with Crippen LogP contribution in [0.5, 0.6) is 5.75 Å². The van der Waals surface area contributed by atoms with Crippen molar-refractivity contribution in [3.05, 3.63) is 107 Å². The van der Waals surface area contributed by atoms with Gasteiger partial charge in [-0.3, -0.25) is 4.98 Å². The zero-order valence-corrected chi connectivity index (χ0v) is 16.4. The van der Waals surface area contributed by atoms with E-state index >= 15 is 0 Å². The molecule has 4 aromatic rings. The number of fused-ring (bicyclic) bond motifs is 3. The average molecular weight is 393 g/mol. The van der Waals surface area contributed by atoms with Crippen LogP contribution in [0.2, 0.25) is 0 Å². The molecule has 146 valence electrons. The largest absolute Gasteiger partial charge is 0.480 e. The second-order valence-corrected chi connectivity index (χ2v) is 7.58. The second kappa shape index (κ2) is 6.56. The van der Waals surface area contributed by atoms with E-state index in [1.807, 2.05) is 35.1 Å². The Hall–Kier alpha value is -3.93. The third-order valence-electron chi connectivity index (χ3n) is 5.67. The fourth-order valence-corrected chi connectivity index (χ4v) is 4.38. The lowest BCUT2D eigenvalue weighted by Crippen LogP contribution is -2.32. The first-order chi connectivity index (χ1) is 14.8. The van der Waals surface area contributed by atoms with Gasteiger partial charge >= 0.3 is 0 Å². The van der Waals surface area contributed by atoms with Gasteiger partial charge in [-0.05, 0) is 36.2 Å². The molecule has 0 spiro atoms. The van der Waals surface area contributed by atoms with Crippen molar-refractivity contribution in [1.29, 1.82) is 0 Å². The van der Waals surface area contributed by atoms with Crippen molar-refractivity contribution in [2.75, 3.05) is 5.32 Å². The van der Waals surface area contributed by atoms with Crippen LogP contribution in [0.3, 0.4) is 0 Å². The summed E-state index contributed by atoms with van der Waals surface area (Å²) in [4.78, 5) is 8.82. The molecule has 4 heterocycles. The number of para-hydroxylation sites is 1. The first-order valence-electron chi connectivity index (χ1n) is 9.93. The van der Waals surface area contributed by atoms with Crippen molar-refractivity contribution >= 4 is 11.6 Å². The smallest absolute Gasteiger partial charge is 0.226 e. The van der Waals surface area contributed by atoms with Crippen LogP contribution >= 0.6 is 0 Å². The minimum Gasteiger partial charge on any atom is -0.480 e. The standard InChI is InChI=1S/C24H19N5O/c1-15-6-4-7-16(12-15)23-20-21(18-9-2-3-10-19(18)30-23)28-24-26-14-27-29(24)22(20)17-8-5-11-25-13-17/h2-14,22-23H,1H3,(H,26,27,28)/t22-,23+/m0/s1. The zero-order chi connectivity index (χ0) is 20.1. The maximum Gasteiger partial charge on any atom is 0.226 e. The number of anilines is 1. The summed E-state index contributed by atoms with van der Waals surface area (Å²) in [7, 11) is 0. The highest BCUT2D eigenvalue weighted by molar-refractivity contribution is 5.85. The molecule has 2 aliphatic heterocycles. The van der Waals surface area contributed by atoms with Gasteiger partial charge in [-0.1, -0.05) is 48.0 Å². The van der Waals surface area contributed by atoms with E-state index in [9.17, 15) is 0 Å². The summed E-state index contributed by atoms with van der Waals surface area (Å²) in [6.45, 7) is 2.10. The predicted octanol–water partition coefficient (Wildman–Crippen LogP) is 4.54. The molecule has 0 unspecified atom stereocenters. The first kappa shape index (κ1) is 17.0. The molecule has 0 bridgehead atoms. The van der Waals surface area contributed by atoms with E-state index in [0.717, 1.165) is 33.7 Å². The molecule has 0 radical (unpaired) electrons. The van der Waals surface area contributed by atoms with E-state index in [1.165, 1.54) is 5.56 Å². The van der Waals surface area contributed by atoms with Crippen LogP contribution in [0, 0.1) is 6.92 Å². The summed E-state index contributed by atoms with van der Waals surface area (Å²) in [5, 5.41) is 8.05. The van der Waals surface area contributed by atoms with Gasteiger partial charge in [-0.15, -0.1) is 0 Å². The van der Waals surface area contributed by atoms with Crippen molar-refractivity contribution in [3.63, 3.8) is 0 Å². The van der Waals surface area contributed by atoms with Crippen LogP contribution in [0.25, 0.3) is 5.70 Å². The molecule has 2 aliphatic rings. The van der Waals surface area contributed by atoms with E-state index in [4.69, 9.17) is 4.74 Å². The van der Waals surface area contributed by atoms with Crippen LogP contribution in [-0.4, -0.2) is 19.7 Å². The highest BCUT2D eigenvalue weighted by Gasteiger charge is 2.40. The molecule has 6 nitrogen and oxygen atoms in total. The Balaban J connectivity index is 1.64. The summed E-state index contributed by atoms with van der Waals surface area (Å²) in [6, 6.07) is 20.5. The normalized spacial score (nSPS) is 19.2. The molecule has 2 aromatic heterocycles. The third kappa shape index (κ3) is 2.54. The SMILES string of the molecule is Cc1cccc([C@H]2Oc3ccccc3C3=C2[C@H](c2cccnc2)n2ncnc2N3)c1. The van der Waals surface area contributed by atoms with Crippen molar-refractivity contribution in [3.8, 4) is 5.75 Å². The van der Waals surface area contributed by atoms with Crippen LogP contribution in [0.1, 0.15) is 34.4 Å². The van der Waals surface area contributed by atoms with Crippen molar-refractivity contribution in [1.82, 2.24) is 19.7 Å². The molecule has 0 saturated heterocycles. The number of ether oxygens (including phenoxy) is 1. The molecule has 1 N–H and O–H groups in total. The van der Waals surface area contributed by atoms with Gasteiger partial charge in [0.2, 0.25) is 5.95 Å². The van der Waals surface area contributed by atoms with Gasteiger partial charge in [-0.25, -0.2) is 4.68 Å². The summed E-state index contributed by atoms with van der Waals surface area (Å²) in [6.07, 6.45) is 5.00. The van der Waals surface area contributed by atoms with Crippen LogP contribution in [0.15, 0.2) is 85.0 Å². The summed E-state index contributed by atoms with van der Waals surface area (Å²) < 4.78 is 8.52. The molecule has 0 aliphatic carbocycles. The highest BCUT2D eigenvalue weighted by atomic mass is 16.5. The Labute approximate surface area is 173 Å². The first-order valence-corrected chi connectivity index (χ1v) is 9.93. The van der Waals surface area contributed by atoms with Crippen LogP contribution in [0.4, 0.5) is 5.95 Å². The number of aromatic nitrogens is 4. The number of aryl methyl sites for hydroxylation is 1. The van der Waals surface area contributed by atoms with Gasteiger partial charge in [0.15, 0.2) is 0 Å². The lowest BCUT2D eigenvalue weighted by molar-refractivity contribution is 0.223. The minimum absolute atomic E-state index is 0.175. The number of nitrogens with one attached hydrogen (secondary N) is 1. The van der Waals surface area contributed by atoms with Crippen LogP contribution in [-0.2, 0) is 0 Å². The fraction of sp³-hybridized carbons (Fsp3) is 0.125. The highest BCUT2D eigenvalue weighted by Crippen LogP contribution is 2.50. The molecular formula is C24H19N5O. The topological polar surface area (TPSA) is 64.9 Å². The fourth-order valence-electron chi connectivity index (χ4n) is 4.38. The lowest BCUT2D eigenvalue weighted by atomic mass is 9.85. The quantitative estimate of drug-likeness (QED) is 0.542. The summed E-state index contributed by atoms with van der Waals surface area (Å²) >= 11 is 0. The van der Waals surface area contributed by atoms with Gasteiger partial charge < -0.3 is 10.1 Å². The number of benzene rings is 2. The van der Waals surface area contributed by atoms with Crippen LogP contribution < -0.4 is 10.1 Å². The Morgan fingerprint density at radius 2 is 1.90 bits per heavy atom. The zero-order valence-electron chi connectivity index (χ0n) is 16.4. The number of rotatable bonds is 2. The number of pyridine rings is 1. The van der Waals surface area contributed by atoms with Crippen molar-refractivity contribution in [2.24, 2.45) is 0 Å². The molecular weight excluding hydrogens is 374 g/mol. The third-order valence-corrected chi connectivity index (χ3v) is 5.67. The molecule has 0 saturated carbocycles. The Morgan fingerprint density at radius 1 is 1.00 bits per heavy atom. The average Bonchev–Trinajstić information content (AvgIpc) is 3.26. The maximum atomic E-state index is 6.61. The molecule has 6 rings (SSSR count). The summed E-state index contributed by atoms with van der Waals surface area (Å²) in [5.41, 5.74) is 6.50. The maximum absolute atomic E-state index is 6.61.